The number of hydrogen-bond donors (Lipinski definition) is 6. The van der Waals surface area contributed by atoms with Gasteiger partial charge in [0, 0.05) is 19.0 Å². The van der Waals surface area contributed by atoms with Crippen molar-refractivity contribution in [2.75, 3.05) is 0 Å². The van der Waals surface area contributed by atoms with Gasteiger partial charge in [-0.3, -0.25) is 24.5 Å². The fraction of sp³-hybridized carbons (Fsp3) is 0.395. The molecule has 273 valence electrons. The largest absolute Gasteiger partial charge is 0.444 e. The molecule has 0 aliphatic heterocycles. The monoisotopic (exact) mass is 701 g/mol. The van der Waals surface area contributed by atoms with Crippen LogP contribution in [0.2, 0.25) is 0 Å². The van der Waals surface area contributed by atoms with E-state index in [0.717, 1.165) is 11.1 Å². The molecule has 13 nitrogen and oxygen atoms in total. The Morgan fingerprint density at radius 1 is 0.882 bits per heavy atom. The van der Waals surface area contributed by atoms with Gasteiger partial charge in [0.2, 0.25) is 23.6 Å². The third kappa shape index (κ3) is 15.4. The minimum absolute atomic E-state index is 0.00115. The molecule has 0 aliphatic rings. The van der Waals surface area contributed by atoms with E-state index in [4.69, 9.17) is 4.74 Å². The topological polar surface area (TPSA) is 192 Å². The number of imide groups is 1. The van der Waals surface area contributed by atoms with E-state index in [1.54, 1.807) is 33.0 Å². The van der Waals surface area contributed by atoms with Crippen molar-refractivity contribution in [3.05, 3.63) is 103 Å². The highest BCUT2D eigenvalue weighted by molar-refractivity contribution is 6.01. The Hall–Kier alpha value is -5.30. The number of carbonyl (C=O) groups excluding carboxylic acids is 5. The van der Waals surface area contributed by atoms with Gasteiger partial charge in [-0.05, 0) is 44.2 Å². The molecule has 0 bridgehead atoms. The lowest BCUT2D eigenvalue weighted by Crippen LogP contribution is -2.57. The second-order valence-electron chi connectivity index (χ2n) is 13.6. The maximum atomic E-state index is 13.8. The van der Waals surface area contributed by atoms with Gasteiger partial charge < -0.3 is 30.8 Å². The van der Waals surface area contributed by atoms with Gasteiger partial charge >= 0.3 is 6.09 Å². The Morgan fingerprint density at radius 3 is 2.12 bits per heavy atom. The Labute approximate surface area is 299 Å². The summed E-state index contributed by atoms with van der Waals surface area (Å²) in [5.41, 5.74) is 1.31. The van der Waals surface area contributed by atoms with Crippen molar-refractivity contribution in [2.24, 2.45) is 5.92 Å². The normalized spacial score (nSPS) is 13.9. The Balaban J connectivity index is 1.72. The summed E-state index contributed by atoms with van der Waals surface area (Å²) in [6.45, 7) is 8.90. The summed E-state index contributed by atoms with van der Waals surface area (Å²) in [5, 5.41) is 21.5. The van der Waals surface area contributed by atoms with Gasteiger partial charge in [0.15, 0.2) is 0 Å². The predicted molar refractivity (Wildman–Crippen MR) is 192 cm³/mol. The zero-order valence-electron chi connectivity index (χ0n) is 29.7. The van der Waals surface area contributed by atoms with Crippen LogP contribution < -0.4 is 21.3 Å². The number of carbonyl (C=O) groups is 5. The minimum atomic E-state index is -1.36. The van der Waals surface area contributed by atoms with Gasteiger partial charge in [-0.2, -0.15) is 0 Å². The molecule has 0 fully saturated rings. The molecule has 3 rings (SSSR count). The number of amides is 5. The Bertz CT molecular complexity index is 1590. The third-order valence-electron chi connectivity index (χ3n) is 7.40. The number of alkyl carbamates (subject to hydrolysis) is 1. The first-order valence-electron chi connectivity index (χ1n) is 16.9. The van der Waals surface area contributed by atoms with Crippen LogP contribution in [0.3, 0.4) is 0 Å². The molecule has 0 saturated heterocycles. The summed E-state index contributed by atoms with van der Waals surface area (Å²) in [5.74, 6) is -2.66. The number of aromatic nitrogens is 2. The first-order chi connectivity index (χ1) is 24.2. The van der Waals surface area contributed by atoms with Crippen LogP contribution in [0.15, 0.2) is 79.3 Å². The van der Waals surface area contributed by atoms with Gasteiger partial charge in [-0.1, -0.05) is 86.7 Å². The number of aliphatic hydroxyl groups is 1. The van der Waals surface area contributed by atoms with E-state index in [0.29, 0.717) is 12.1 Å². The summed E-state index contributed by atoms with van der Waals surface area (Å²) in [6, 6.07) is 15.2. The van der Waals surface area contributed by atoms with E-state index in [2.05, 4.69) is 31.2 Å². The lowest BCUT2D eigenvalue weighted by atomic mass is 9.96. The van der Waals surface area contributed by atoms with Crippen LogP contribution in [-0.4, -0.2) is 74.6 Å². The highest BCUT2D eigenvalue weighted by Gasteiger charge is 2.32. The van der Waals surface area contributed by atoms with E-state index in [-0.39, 0.29) is 18.8 Å². The molecule has 51 heavy (non-hydrogen) atoms. The fourth-order valence-electron chi connectivity index (χ4n) is 5.08. The standard InChI is InChI=1S/C38H49N6O7/c1-25(2)19-29(32(45)22-34(47)44-33(46)18-12-17-26-13-8-6-9-14-26)41-36(49)31(21-28-23-39-24-40-28)42-35(48)30(20-27-15-10-7-11-16-27)43-37(50)51-38(3,4)5/h6-18,23-25,29-32,45H,19-22H2,1-5H3,(H,39,40)(H,41,49)(H,42,48)(H,43,50)(H,44,46,47)/b17-12+/t29-,30-,31-,32-/m0/s1. The number of imidazole rings is 1. The molecule has 1 heterocycles. The average molecular weight is 702 g/mol. The van der Waals surface area contributed by atoms with Crippen LogP contribution in [0.4, 0.5) is 4.79 Å². The minimum Gasteiger partial charge on any atom is -0.444 e. The smallest absolute Gasteiger partial charge is 0.408 e. The van der Waals surface area contributed by atoms with Gasteiger partial charge in [0.05, 0.1) is 37.0 Å². The lowest BCUT2D eigenvalue weighted by molar-refractivity contribution is -0.132. The highest BCUT2D eigenvalue weighted by Crippen LogP contribution is 2.14. The zero-order valence-corrected chi connectivity index (χ0v) is 29.7. The number of hydrogen-bond acceptors (Lipinski definition) is 8. The van der Waals surface area contributed by atoms with E-state index < -0.39 is 66.0 Å². The van der Waals surface area contributed by atoms with Crippen molar-refractivity contribution in [1.29, 1.82) is 0 Å². The average Bonchev–Trinajstić information content (AvgIpc) is 3.57. The van der Waals surface area contributed by atoms with Crippen LogP contribution in [0.25, 0.3) is 6.08 Å². The van der Waals surface area contributed by atoms with Crippen LogP contribution in [0.1, 0.15) is 64.3 Å². The summed E-state index contributed by atoms with van der Waals surface area (Å²) in [6.07, 6.45) is 5.22. The van der Waals surface area contributed by atoms with Crippen molar-refractivity contribution < 1.29 is 33.8 Å². The Morgan fingerprint density at radius 2 is 1.51 bits per heavy atom. The molecule has 3 aromatic rings. The highest BCUT2D eigenvalue weighted by atomic mass is 16.6. The number of aliphatic hydroxyl groups excluding tert-OH is 1. The zero-order chi connectivity index (χ0) is 37.4. The van der Waals surface area contributed by atoms with Crippen molar-refractivity contribution in [3.8, 4) is 0 Å². The molecule has 1 radical (unpaired) electrons. The summed E-state index contributed by atoms with van der Waals surface area (Å²) in [7, 11) is 0. The predicted octanol–water partition coefficient (Wildman–Crippen LogP) is 3.42. The van der Waals surface area contributed by atoms with Crippen LogP contribution >= 0.6 is 0 Å². The van der Waals surface area contributed by atoms with Gasteiger partial charge in [-0.15, -0.1) is 0 Å². The van der Waals surface area contributed by atoms with E-state index in [1.807, 2.05) is 74.5 Å². The Kier molecular flexibility index (Phi) is 15.6. The number of nitrogens with one attached hydrogen (secondary N) is 5. The molecule has 0 saturated carbocycles. The number of H-pyrrole nitrogens is 1. The number of ether oxygens (including phenoxy) is 1. The lowest BCUT2D eigenvalue weighted by Gasteiger charge is -2.29. The van der Waals surface area contributed by atoms with Crippen LogP contribution in [0.5, 0.6) is 0 Å². The third-order valence-corrected chi connectivity index (χ3v) is 7.40. The second kappa shape index (κ2) is 19.8. The molecule has 13 heteroatoms. The summed E-state index contributed by atoms with van der Waals surface area (Å²) in [4.78, 5) is 72.4. The number of rotatable bonds is 17. The molecule has 2 aromatic carbocycles. The molecule has 1 aromatic heterocycles. The second-order valence-corrected chi connectivity index (χ2v) is 13.6. The summed E-state index contributed by atoms with van der Waals surface area (Å²) >= 11 is 0. The quantitative estimate of drug-likeness (QED) is 0.123. The maximum Gasteiger partial charge on any atom is 0.408 e. The molecular formula is C38H49N6O7. The number of aromatic amines is 1. The molecule has 5 amide bonds. The fourth-order valence-corrected chi connectivity index (χ4v) is 5.08. The van der Waals surface area contributed by atoms with Crippen molar-refractivity contribution >= 4 is 35.8 Å². The molecular weight excluding hydrogens is 652 g/mol. The van der Waals surface area contributed by atoms with E-state index in [1.165, 1.54) is 18.8 Å². The number of nitrogens with zero attached hydrogens (tertiary/aromatic N) is 1. The van der Waals surface area contributed by atoms with Crippen molar-refractivity contribution in [1.82, 2.24) is 31.2 Å². The summed E-state index contributed by atoms with van der Waals surface area (Å²) < 4.78 is 5.39. The molecule has 4 atom stereocenters. The maximum absolute atomic E-state index is 13.8. The molecule has 0 unspecified atom stereocenters. The van der Waals surface area contributed by atoms with Gasteiger partial charge in [-0.25, -0.2) is 9.78 Å². The molecule has 6 N–H and O–H groups in total. The molecule has 0 spiro atoms. The first-order valence-corrected chi connectivity index (χ1v) is 16.9. The van der Waals surface area contributed by atoms with Crippen molar-refractivity contribution in [2.45, 2.75) is 90.1 Å². The van der Waals surface area contributed by atoms with Crippen LogP contribution in [0, 0.1) is 12.3 Å². The van der Waals surface area contributed by atoms with Crippen molar-refractivity contribution in [3.63, 3.8) is 0 Å². The van der Waals surface area contributed by atoms with Crippen LogP contribution in [-0.2, 0) is 36.8 Å². The number of benzene rings is 2. The van der Waals surface area contributed by atoms with E-state index in [9.17, 15) is 29.1 Å². The molecule has 0 aliphatic carbocycles. The van der Waals surface area contributed by atoms with E-state index >= 15 is 0 Å². The first kappa shape index (κ1) is 40.1. The SMILES string of the molecule is CC(C)C[C@H](NC(=O)[C@H](Cc1c[nH]cn1)NC(=O)[C@H](Cc1ccccc1)NC(=O)OC(C)(C)C)[C@@H](O)CC(=O)NC(=O)[CH]/C=C/c1ccccc1. The van der Waals surface area contributed by atoms with Gasteiger partial charge in [0.1, 0.15) is 17.7 Å². The van der Waals surface area contributed by atoms with Gasteiger partial charge in [0.25, 0.3) is 0 Å².